The van der Waals surface area contributed by atoms with Gasteiger partial charge in [0.1, 0.15) is 6.61 Å². The Labute approximate surface area is 374 Å². The quantitative estimate of drug-likeness (QED) is 0.0291. The van der Waals surface area contributed by atoms with E-state index in [2.05, 4.69) is 19.2 Å². The molecule has 0 aromatic carbocycles. The zero-order valence-electron chi connectivity index (χ0n) is 38.3. The normalized spacial score (nSPS) is 15.9. The Morgan fingerprint density at radius 3 is 1.68 bits per heavy atom. The maximum Gasteiger partial charge on any atom is 0.472 e. The van der Waals surface area contributed by atoms with Crippen molar-refractivity contribution in [3.63, 3.8) is 0 Å². The standard InChI is InChI=1S/C43H79N4O15P/c1-4-7-9-11-13-15-17-22-41(55)59-32-36(62-42(56)23-18-16-14-12-10-8-5-2)33-61-63(57,58)60-28-25-44-37(48)21-19-20-24-43(47(6-3)31-40(53)54)34-45(29-38(49)50)26-27-46(35-43)30-39(51)52/h36H,4-35H2,1-3H3,(H,44,48)(H,49,50)(H,51,52)(H,53,54)(H,57,58). The highest BCUT2D eigenvalue weighted by atomic mass is 31.2. The Balaban J connectivity index is 2.71. The van der Waals surface area contributed by atoms with Gasteiger partial charge in [0.15, 0.2) is 6.10 Å². The molecular formula is C43H79N4O15P. The fourth-order valence-electron chi connectivity index (χ4n) is 7.74. The lowest BCUT2D eigenvalue weighted by Crippen LogP contribution is -2.61. The Morgan fingerprint density at radius 1 is 0.667 bits per heavy atom. The molecule has 1 rings (SSSR count). The van der Waals surface area contributed by atoms with Gasteiger partial charge < -0.3 is 35.0 Å². The van der Waals surface area contributed by atoms with Crippen LogP contribution in [-0.2, 0) is 51.9 Å². The monoisotopic (exact) mass is 923 g/mol. The number of carbonyl (C=O) groups is 6. The van der Waals surface area contributed by atoms with Crippen molar-refractivity contribution >= 4 is 43.6 Å². The predicted octanol–water partition coefficient (Wildman–Crippen LogP) is 5.47. The van der Waals surface area contributed by atoms with E-state index in [1.165, 1.54) is 19.3 Å². The lowest BCUT2D eigenvalue weighted by atomic mass is 9.88. The number of amides is 1. The van der Waals surface area contributed by atoms with Crippen LogP contribution in [0.15, 0.2) is 0 Å². The van der Waals surface area contributed by atoms with Crippen molar-refractivity contribution in [2.75, 3.05) is 78.7 Å². The second kappa shape index (κ2) is 34.2. The summed E-state index contributed by atoms with van der Waals surface area (Å²) < 4.78 is 33.7. The van der Waals surface area contributed by atoms with Crippen LogP contribution in [0.3, 0.4) is 0 Å². The van der Waals surface area contributed by atoms with E-state index < -0.39 is 62.5 Å². The molecule has 0 aromatic heterocycles. The van der Waals surface area contributed by atoms with Crippen LogP contribution in [-0.4, -0.2) is 161 Å². The highest BCUT2D eigenvalue weighted by Crippen LogP contribution is 2.43. The van der Waals surface area contributed by atoms with Crippen molar-refractivity contribution in [2.45, 2.75) is 161 Å². The number of likely N-dealkylation sites (N-methyl/N-ethyl adjacent to an activating group) is 1. The Hall–Kier alpha value is -3.19. The first kappa shape index (κ1) is 57.8. The molecule has 5 N–H and O–H groups in total. The average molecular weight is 923 g/mol. The van der Waals surface area contributed by atoms with E-state index >= 15 is 0 Å². The molecule has 0 spiro atoms. The van der Waals surface area contributed by atoms with E-state index in [4.69, 9.17) is 18.5 Å². The number of hydrogen-bond acceptors (Lipinski definition) is 14. The summed E-state index contributed by atoms with van der Waals surface area (Å²) in [4.78, 5) is 88.4. The third kappa shape index (κ3) is 29.1. The number of rotatable bonds is 39. The van der Waals surface area contributed by atoms with E-state index in [-0.39, 0.29) is 84.1 Å². The van der Waals surface area contributed by atoms with Crippen LogP contribution in [0.25, 0.3) is 0 Å². The molecule has 1 amide bonds. The zero-order chi connectivity index (χ0) is 46.9. The number of nitrogens with zero attached hydrogens (tertiary/aromatic N) is 3. The largest absolute Gasteiger partial charge is 0.480 e. The van der Waals surface area contributed by atoms with Crippen LogP contribution in [0.5, 0.6) is 0 Å². The van der Waals surface area contributed by atoms with Crippen molar-refractivity contribution in [2.24, 2.45) is 0 Å². The van der Waals surface area contributed by atoms with Gasteiger partial charge in [0.25, 0.3) is 0 Å². The van der Waals surface area contributed by atoms with Gasteiger partial charge in [-0.1, -0.05) is 104 Å². The summed E-state index contributed by atoms with van der Waals surface area (Å²) in [7, 11) is -4.69. The minimum Gasteiger partial charge on any atom is -0.480 e. The molecule has 0 aromatic rings. The smallest absolute Gasteiger partial charge is 0.472 e. The van der Waals surface area contributed by atoms with Gasteiger partial charge in [-0.2, -0.15) is 0 Å². The molecule has 1 saturated heterocycles. The van der Waals surface area contributed by atoms with Crippen LogP contribution in [0.2, 0.25) is 0 Å². The Morgan fingerprint density at radius 2 is 1.17 bits per heavy atom. The van der Waals surface area contributed by atoms with Gasteiger partial charge in [-0.3, -0.25) is 52.5 Å². The van der Waals surface area contributed by atoms with Crippen LogP contribution in [0, 0.1) is 0 Å². The molecule has 0 aliphatic carbocycles. The summed E-state index contributed by atoms with van der Waals surface area (Å²) >= 11 is 0. The third-order valence-corrected chi connectivity index (χ3v) is 11.9. The number of phosphoric ester groups is 1. The molecule has 1 heterocycles. The van der Waals surface area contributed by atoms with E-state index in [1.54, 1.807) is 21.6 Å². The summed E-state index contributed by atoms with van der Waals surface area (Å²) in [6.07, 6.45) is 14.7. The summed E-state index contributed by atoms with van der Waals surface area (Å²) in [5.74, 6) is -4.59. The number of carboxylic acid groups (broad SMARTS) is 3. The number of aliphatic carboxylic acids is 3. The minimum atomic E-state index is -4.69. The molecule has 20 heteroatoms. The first-order valence-electron chi connectivity index (χ1n) is 23.1. The predicted molar refractivity (Wildman–Crippen MR) is 235 cm³/mol. The molecule has 63 heavy (non-hydrogen) atoms. The zero-order valence-corrected chi connectivity index (χ0v) is 39.2. The van der Waals surface area contributed by atoms with Crippen LogP contribution >= 0.6 is 7.82 Å². The van der Waals surface area contributed by atoms with E-state index in [9.17, 15) is 53.5 Å². The number of unbranched alkanes of at least 4 members (excludes halogenated alkanes) is 13. The van der Waals surface area contributed by atoms with Gasteiger partial charge in [0, 0.05) is 57.5 Å². The van der Waals surface area contributed by atoms with Gasteiger partial charge in [-0.15, -0.1) is 0 Å². The lowest BCUT2D eigenvalue weighted by molar-refractivity contribution is -0.161. The fraction of sp³-hybridized carbons (Fsp3) is 0.860. The second-order valence-electron chi connectivity index (χ2n) is 16.5. The second-order valence-corrected chi connectivity index (χ2v) is 18.0. The van der Waals surface area contributed by atoms with Crippen molar-refractivity contribution in [1.29, 1.82) is 0 Å². The van der Waals surface area contributed by atoms with Crippen molar-refractivity contribution in [1.82, 2.24) is 20.0 Å². The number of ether oxygens (including phenoxy) is 2. The molecule has 1 aliphatic rings. The number of carboxylic acids is 3. The van der Waals surface area contributed by atoms with Crippen LogP contribution < -0.4 is 5.32 Å². The topological polar surface area (TPSA) is 259 Å². The number of esters is 2. The van der Waals surface area contributed by atoms with Gasteiger partial charge in [0.05, 0.1) is 32.8 Å². The maximum absolute atomic E-state index is 12.7. The SMILES string of the molecule is CCCCCCCCCC(=O)OCC(COP(=O)(O)OCCNC(=O)CCCCC1(N(CC)CC(=O)O)CN(CC(=O)O)CCN(CC(=O)O)C1)OC(=O)CCCCCCCCC. The van der Waals surface area contributed by atoms with Crippen LogP contribution in [0.4, 0.5) is 0 Å². The van der Waals surface area contributed by atoms with E-state index in [0.29, 0.717) is 38.6 Å². The first-order chi connectivity index (χ1) is 30.0. The average Bonchev–Trinajstić information content (AvgIpc) is 3.38. The molecule has 1 fully saturated rings. The highest BCUT2D eigenvalue weighted by Gasteiger charge is 2.42. The first-order valence-corrected chi connectivity index (χ1v) is 24.6. The van der Waals surface area contributed by atoms with Crippen molar-refractivity contribution < 1.29 is 72.1 Å². The third-order valence-electron chi connectivity index (χ3n) is 11.0. The highest BCUT2D eigenvalue weighted by molar-refractivity contribution is 7.47. The summed E-state index contributed by atoms with van der Waals surface area (Å²) in [6, 6.07) is 0. The summed E-state index contributed by atoms with van der Waals surface area (Å²) in [5, 5.41) is 31.4. The lowest BCUT2D eigenvalue weighted by Gasteiger charge is -2.45. The van der Waals surface area contributed by atoms with Crippen molar-refractivity contribution in [3.8, 4) is 0 Å². The molecular weight excluding hydrogens is 843 g/mol. The summed E-state index contributed by atoms with van der Waals surface area (Å²) in [6.45, 7) is 4.94. The number of carbonyl (C=O) groups excluding carboxylic acids is 3. The molecule has 0 bridgehead atoms. The molecule has 19 nitrogen and oxygen atoms in total. The molecule has 366 valence electrons. The molecule has 1 aliphatic heterocycles. The number of phosphoric acid groups is 1. The number of nitrogens with one attached hydrogen (secondary N) is 1. The number of hydrogen-bond donors (Lipinski definition) is 5. The molecule has 2 unspecified atom stereocenters. The van der Waals surface area contributed by atoms with Gasteiger partial charge in [0.2, 0.25) is 5.91 Å². The van der Waals surface area contributed by atoms with Crippen LogP contribution in [0.1, 0.15) is 149 Å². The van der Waals surface area contributed by atoms with Crippen molar-refractivity contribution in [3.05, 3.63) is 0 Å². The Kier molecular flexibility index (Phi) is 31.4. The Bertz CT molecular complexity index is 1360. The minimum absolute atomic E-state index is 0.0513. The summed E-state index contributed by atoms with van der Waals surface area (Å²) in [5.41, 5.74) is -0.916. The van der Waals surface area contributed by atoms with E-state index in [1.807, 2.05) is 0 Å². The fourth-order valence-corrected chi connectivity index (χ4v) is 8.49. The maximum atomic E-state index is 12.7. The van der Waals surface area contributed by atoms with E-state index in [0.717, 1.165) is 57.8 Å². The van der Waals surface area contributed by atoms with Gasteiger partial charge in [-0.25, -0.2) is 4.57 Å². The van der Waals surface area contributed by atoms with Gasteiger partial charge >= 0.3 is 37.7 Å². The molecule has 2 atom stereocenters. The molecule has 0 saturated carbocycles. The van der Waals surface area contributed by atoms with Gasteiger partial charge in [-0.05, 0) is 32.2 Å². The molecule has 0 radical (unpaired) electrons.